The van der Waals surface area contributed by atoms with Gasteiger partial charge in [-0.3, -0.25) is 14.2 Å². The fourth-order valence-corrected chi connectivity index (χ4v) is 1.00. The van der Waals surface area contributed by atoms with Crippen molar-refractivity contribution in [1.29, 1.82) is 0 Å². The van der Waals surface area contributed by atoms with Crippen molar-refractivity contribution in [3.63, 3.8) is 0 Å². The van der Waals surface area contributed by atoms with Crippen molar-refractivity contribution in [3.05, 3.63) is 24.8 Å². The van der Waals surface area contributed by atoms with Gasteiger partial charge >= 0.3 is 13.8 Å². The maximum absolute atomic E-state index is 10.7. The van der Waals surface area contributed by atoms with E-state index in [9.17, 15) is 14.2 Å². The van der Waals surface area contributed by atoms with Crippen LogP contribution in [-0.4, -0.2) is 35.1 Å². The van der Waals surface area contributed by atoms with Crippen LogP contribution in [0, 0.1) is 0 Å². The predicted octanol–water partition coefficient (Wildman–Crippen LogP) is -0.127. The van der Waals surface area contributed by atoms with Crippen LogP contribution in [0.15, 0.2) is 24.8 Å². The van der Waals surface area contributed by atoms with Gasteiger partial charge in [-0.05, 0) is 6.92 Å². The second kappa shape index (κ2) is 9.55. The van der Waals surface area contributed by atoms with Crippen LogP contribution in [0.2, 0.25) is 0 Å². The van der Waals surface area contributed by atoms with E-state index in [-0.39, 0.29) is 6.61 Å². The van der Waals surface area contributed by atoms with E-state index in [1.807, 2.05) is 0 Å². The third kappa shape index (κ3) is 12.6. The zero-order chi connectivity index (χ0) is 14.8. The van der Waals surface area contributed by atoms with Crippen LogP contribution in [0.1, 0.15) is 6.92 Å². The second-order valence-electron chi connectivity index (χ2n) is 2.78. The van der Waals surface area contributed by atoms with Gasteiger partial charge in [0.05, 0.1) is 13.2 Å². The molecule has 0 radical (unpaired) electrons. The highest BCUT2D eigenvalue weighted by Crippen LogP contribution is 2.42. The molecule has 0 aliphatic rings. The number of amides is 1. The summed E-state index contributed by atoms with van der Waals surface area (Å²) in [6.07, 6.45) is 0.727. The largest absolute Gasteiger partial charge is 0.529 e. The first kappa shape index (κ1) is 18.9. The SMILES string of the molecule is C=C(C)C(N)=O.C=CC(=O)OP(=O)(O)OCCO. The van der Waals surface area contributed by atoms with Gasteiger partial charge in [0.25, 0.3) is 0 Å². The minimum absolute atomic E-state index is 0.377. The van der Waals surface area contributed by atoms with Crippen molar-refractivity contribution in [2.75, 3.05) is 13.2 Å². The molecule has 0 rings (SSSR count). The Morgan fingerprint density at radius 2 is 1.94 bits per heavy atom. The van der Waals surface area contributed by atoms with Gasteiger partial charge in [-0.2, -0.15) is 0 Å². The molecule has 1 unspecified atom stereocenters. The van der Waals surface area contributed by atoms with Gasteiger partial charge in [-0.1, -0.05) is 13.2 Å². The smallest absolute Gasteiger partial charge is 0.394 e. The Morgan fingerprint density at radius 3 is 2.22 bits per heavy atom. The van der Waals surface area contributed by atoms with E-state index >= 15 is 0 Å². The quantitative estimate of drug-likeness (QED) is 0.455. The molecule has 4 N–H and O–H groups in total. The van der Waals surface area contributed by atoms with Crippen LogP contribution < -0.4 is 5.73 Å². The number of aliphatic hydroxyl groups is 1. The summed E-state index contributed by atoms with van der Waals surface area (Å²) in [7, 11) is -4.36. The lowest BCUT2D eigenvalue weighted by atomic mass is 10.3. The molecule has 0 saturated carbocycles. The van der Waals surface area contributed by atoms with Crippen LogP contribution in [-0.2, 0) is 23.2 Å². The van der Waals surface area contributed by atoms with Crippen molar-refractivity contribution < 1.29 is 33.2 Å². The van der Waals surface area contributed by atoms with E-state index in [1.54, 1.807) is 6.92 Å². The molecule has 0 heterocycles. The zero-order valence-corrected chi connectivity index (χ0v) is 10.8. The normalized spacial score (nSPS) is 12.4. The van der Waals surface area contributed by atoms with Gasteiger partial charge < -0.3 is 15.4 Å². The summed E-state index contributed by atoms with van der Waals surface area (Å²) >= 11 is 0. The first-order valence-corrected chi connectivity index (χ1v) is 6.05. The van der Waals surface area contributed by atoms with Gasteiger partial charge in [0.1, 0.15) is 0 Å². The van der Waals surface area contributed by atoms with E-state index in [4.69, 9.17) is 15.7 Å². The van der Waals surface area contributed by atoms with Gasteiger partial charge in [-0.25, -0.2) is 9.36 Å². The van der Waals surface area contributed by atoms with E-state index in [0.29, 0.717) is 5.57 Å². The summed E-state index contributed by atoms with van der Waals surface area (Å²) in [5.41, 5.74) is 5.09. The van der Waals surface area contributed by atoms with Crippen LogP contribution in [0.4, 0.5) is 0 Å². The highest BCUT2D eigenvalue weighted by atomic mass is 31.2. The van der Waals surface area contributed by atoms with Crippen molar-refractivity contribution in [3.8, 4) is 0 Å². The molecule has 0 saturated heterocycles. The minimum atomic E-state index is -4.36. The molecule has 1 atom stereocenters. The van der Waals surface area contributed by atoms with Crippen LogP contribution >= 0.6 is 7.82 Å². The molecule has 0 aliphatic carbocycles. The average molecular weight is 281 g/mol. The summed E-state index contributed by atoms with van der Waals surface area (Å²) < 4.78 is 18.7. The lowest BCUT2D eigenvalue weighted by Gasteiger charge is -2.08. The Labute approximate surface area is 104 Å². The molecular weight excluding hydrogens is 265 g/mol. The molecule has 0 aliphatic heterocycles. The molecule has 0 bridgehead atoms. The number of carbonyl (C=O) groups excluding carboxylic acids is 2. The number of aliphatic hydroxyl groups excluding tert-OH is 1. The summed E-state index contributed by atoms with van der Waals surface area (Å²) in [6, 6.07) is 0. The van der Waals surface area contributed by atoms with Crippen LogP contribution in [0.25, 0.3) is 0 Å². The van der Waals surface area contributed by atoms with Gasteiger partial charge in [0, 0.05) is 11.6 Å². The average Bonchev–Trinajstić information content (AvgIpc) is 2.26. The Bertz CT molecular complexity index is 354. The first-order valence-electron chi connectivity index (χ1n) is 4.55. The number of hydrogen-bond donors (Lipinski definition) is 3. The molecular formula is C9H16NO7P. The lowest BCUT2D eigenvalue weighted by Crippen LogP contribution is -2.10. The standard InChI is InChI=1S/C5H9O6P.C4H7NO/c1-2-5(7)11-12(8,9)10-4-3-6;1-3(2)4(5)6/h2,6H,1,3-4H2,(H,8,9);1H2,2H3,(H2,5,6). The number of hydrogen-bond acceptors (Lipinski definition) is 6. The summed E-state index contributed by atoms with van der Waals surface area (Å²) in [5.74, 6) is -1.49. The summed E-state index contributed by atoms with van der Waals surface area (Å²) in [6.45, 7) is 7.05. The Hall–Kier alpha value is -1.47. The van der Waals surface area contributed by atoms with Crippen molar-refractivity contribution in [2.45, 2.75) is 6.92 Å². The number of phosphoric acid groups is 1. The Morgan fingerprint density at radius 1 is 1.50 bits per heavy atom. The molecule has 0 fully saturated rings. The number of rotatable bonds is 6. The summed E-state index contributed by atoms with van der Waals surface area (Å²) in [4.78, 5) is 28.9. The highest BCUT2D eigenvalue weighted by Gasteiger charge is 2.24. The molecule has 0 aromatic rings. The highest BCUT2D eigenvalue weighted by molar-refractivity contribution is 7.48. The Kier molecular flexibility index (Phi) is 10.0. The number of carbonyl (C=O) groups is 2. The maximum atomic E-state index is 10.7. The fourth-order valence-electron chi connectivity index (χ4n) is 0.334. The molecule has 104 valence electrons. The Balaban J connectivity index is 0. The van der Waals surface area contributed by atoms with E-state index in [0.717, 1.165) is 6.08 Å². The third-order valence-electron chi connectivity index (χ3n) is 1.14. The van der Waals surface area contributed by atoms with Crippen LogP contribution in [0.3, 0.4) is 0 Å². The molecule has 8 nitrogen and oxygen atoms in total. The molecule has 9 heteroatoms. The minimum Gasteiger partial charge on any atom is -0.394 e. The molecule has 18 heavy (non-hydrogen) atoms. The predicted molar refractivity (Wildman–Crippen MR) is 63.2 cm³/mol. The van der Waals surface area contributed by atoms with E-state index < -0.39 is 26.3 Å². The van der Waals surface area contributed by atoms with E-state index in [1.165, 1.54) is 0 Å². The summed E-state index contributed by atoms with van der Waals surface area (Å²) in [5, 5.41) is 8.20. The van der Waals surface area contributed by atoms with Gasteiger partial charge in [0.2, 0.25) is 5.91 Å². The van der Waals surface area contributed by atoms with Gasteiger partial charge in [-0.15, -0.1) is 0 Å². The number of nitrogens with two attached hydrogens (primary N) is 1. The van der Waals surface area contributed by atoms with E-state index in [2.05, 4.69) is 22.2 Å². The fraction of sp³-hybridized carbons (Fsp3) is 0.333. The van der Waals surface area contributed by atoms with Gasteiger partial charge in [0.15, 0.2) is 0 Å². The lowest BCUT2D eigenvalue weighted by molar-refractivity contribution is -0.130. The zero-order valence-electron chi connectivity index (χ0n) is 9.87. The third-order valence-corrected chi connectivity index (χ3v) is 2.06. The molecule has 0 aromatic carbocycles. The monoisotopic (exact) mass is 281 g/mol. The van der Waals surface area contributed by atoms with Crippen LogP contribution in [0.5, 0.6) is 0 Å². The number of phosphoric ester groups is 1. The van der Waals surface area contributed by atoms with Crippen molar-refractivity contribution in [1.82, 2.24) is 0 Å². The molecule has 0 spiro atoms. The first-order chi connectivity index (χ1) is 8.16. The topological polar surface area (TPSA) is 136 Å². The second-order valence-corrected chi connectivity index (χ2v) is 4.16. The number of primary amides is 1. The molecule has 1 amide bonds. The molecule has 0 aromatic heterocycles. The van der Waals surface area contributed by atoms with Crippen molar-refractivity contribution >= 4 is 19.7 Å². The maximum Gasteiger partial charge on any atom is 0.529 e. The van der Waals surface area contributed by atoms with Crippen molar-refractivity contribution in [2.24, 2.45) is 5.73 Å².